The molecule has 0 atom stereocenters. The second-order valence-electron chi connectivity index (χ2n) is 7.22. The van der Waals surface area contributed by atoms with Gasteiger partial charge in [-0.3, -0.25) is 0 Å². The lowest BCUT2D eigenvalue weighted by molar-refractivity contribution is -0.0270. The van der Waals surface area contributed by atoms with Crippen LogP contribution in [0.2, 0.25) is 0 Å². The molecule has 0 spiro atoms. The Morgan fingerprint density at radius 3 is 0.694 bits per heavy atom. The predicted octanol–water partition coefficient (Wildman–Crippen LogP) is 0.0182. The molecule has 0 aliphatic carbocycles. The molecule has 1 N–H and O–H groups in total. The summed E-state index contributed by atoms with van der Waals surface area (Å²) in [7, 11) is 3.54. The zero-order valence-corrected chi connectivity index (χ0v) is 22.5. The van der Waals surface area contributed by atoms with E-state index in [0.717, 1.165) is 6.54 Å². The highest BCUT2D eigenvalue weighted by Gasteiger charge is 1.96. The molecule has 0 amide bonds. The molecule has 0 heterocycles. The SMILES string of the molecule is CNCCOCCOCCOCCOCCOCCOCCOCCOCCOCCOCCOC. The average molecular weight is 530 g/mol. The highest BCUT2D eigenvalue weighted by molar-refractivity contribution is 4.39. The van der Waals surface area contributed by atoms with Crippen molar-refractivity contribution in [1.82, 2.24) is 5.32 Å². The summed E-state index contributed by atoms with van der Waals surface area (Å²) in [6.07, 6.45) is 0. The zero-order valence-electron chi connectivity index (χ0n) is 22.5. The lowest BCUT2D eigenvalue weighted by Gasteiger charge is -2.09. The Morgan fingerprint density at radius 1 is 0.306 bits per heavy atom. The van der Waals surface area contributed by atoms with Crippen molar-refractivity contribution in [3.63, 3.8) is 0 Å². The summed E-state index contributed by atoms with van der Waals surface area (Å²) in [6, 6.07) is 0. The van der Waals surface area contributed by atoms with Gasteiger partial charge in [-0.2, -0.15) is 0 Å². The van der Waals surface area contributed by atoms with E-state index in [0.29, 0.717) is 139 Å². The van der Waals surface area contributed by atoms with Gasteiger partial charge in [0.2, 0.25) is 0 Å². The molecular weight excluding hydrogens is 478 g/mol. The number of hydrogen-bond acceptors (Lipinski definition) is 12. The van der Waals surface area contributed by atoms with Gasteiger partial charge in [0.25, 0.3) is 0 Å². The number of likely N-dealkylation sites (N-methyl/N-ethyl adjacent to an activating group) is 1. The van der Waals surface area contributed by atoms with Crippen molar-refractivity contribution < 1.29 is 52.1 Å². The van der Waals surface area contributed by atoms with E-state index < -0.39 is 0 Å². The molecule has 12 nitrogen and oxygen atoms in total. The van der Waals surface area contributed by atoms with E-state index >= 15 is 0 Å². The third-order valence-corrected chi connectivity index (χ3v) is 4.28. The maximum atomic E-state index is 5.45. The quantitative estimate of drug-likeness (QED) is 0.116. The first-order chi connectivity index (χ1) is 17.9. The van der Waals surface area contributed by atoms with Crippen LogP contribution in [0.1, 0.15) is 0 Å². The Morgan fingerprint density at radius 2 is 0.500 bits per heavy atom. The Bertz CT molecular complexity index is 350. The fourth-order valence-corrected chi connectivity index (χ4v) is 2.40. The van der Waals surface area contributed by atoms with Crippen molar-refractivity contribution in [3.05, 3.63) is 0 Å². The van der Waals surface area contributed by atoms with Gasteiger partial charge in [-0.05, 0) is 7.05 Å². The monoisotopic (exact) mass is 529 g/mol. The Hall–Kier alpha value is -0.480. The maximum absolute atomic E-state index is 5.45. The second-order valence-corrected chi connectivity index (χ2v) is 7.22. The number of nitrogens with one attached hydrogen (secondary N) is 1. The van der Waals surface area contributed by atoms with Gasteiger partial charge >= 0.3 is 0 Å². The fraction of sp³-hybridized carbons (Fsp3) is 1.00. The fourth-order valence-electron chi connectivity index (χ4n) is 2.40. The Kier molecular flexibility index (Phi) is 34.1. The van der Waals surface area contributed by atoms with Gasteiger partial charge in [-0.15, -0.1) is 0 Å². The van der Waals surface area contributed by atoms with Crippen LogP contribution in [-0.2, 0) is 52.1 Å². The minimum atomic E-state index is 0.524. The van der Waals surface area contributed by atoms with E-state index in [9.17, 15) is 0 Å². The summed E-state index contributed by atoms with van der Waals surface area (Å²) in [5.74, 6) is 0. The van der Waals surface area contributed by atoms with E-state index in [1.807, 2.05) is 7.05 Å². The highest BCUT2D eigenvalue weighted by atomic mass is 16.6. The minimum Gasteiger partial charge on any atom is -0.382 e. The smallest absolute Gasteiger partial charge is 0.0701 e. The van der Waals surface area contributed by atoms with E-state index in [2.05, 4.69) is 5.32 Å². The van der Waals surface area contributed by atoms with Crippen molar-refractivity contribution in [3.8, 4) is 0 Å². The minimum absolute atomic E-state index is 0.524. The van der Waals surface area contributed by atoms with Gasteiger partial charge < -0.3 is 57.4 Å². The lowest BCUT2D eigenvalue weighted by Crippen LogP contribution is -2.17. The van der Waals surface area contributed by atoms with Crippen LogP contribution in [0.25, 0.3) is 0 Å². The van der Waals surface area contributed by atoms with E-state index in [-0.39, 0.29) is 0 Å². The van der Waals surface area contributed by atoms with Crippen LogP contribution in [0.5, 0.6) is 0 Å². The van der Waals surface area contributed by atoms with Crippen LogP contribution in [-0.4, -0.2) is 159 Å². The molecule has 0 aliphatic heterocycles. The third-order valence-electron chi connectivity index (χ3n) is 4.28. The van der Waals surface area contributed by atoms with Crippen molar-refractivity contribution in [2.45, 2.75) is 0 Å². The summed E-state index contributed by atoms with van der Waals surface area (Å²) in [6.45, 7) is 12.5. The average Bonchev–Trinajstić information content (AvgIpc) is 2.89. The maximum Gasteiger partial charge on any atom is 0.0701 e. The number of rotatable bonds is 33. The predicted molar refractivity (Wildman–Crippen MR) is 134 cm³/mol. The molecule has 36 heavy (non-hydrogen) atoms. The van der Waals surface area contributed by atoms with Gasteiger partial charge in [-0.25, -0.2) is 0 Å². The van der Waals surface area contributed by atoms with Gasteiger partial charge in [0.1, 0.15) is 0 Å². The molecule has 0 aliphatic rings. The number of methoxy groups -OCH3 is 1. The van der Waals surface area contributed by atoms with Crippen LogP contribution in [0.4, 0.5) is 0 Å². The molecule has 0 bridgehead atoms. The number of hydrogen-bond donors (Lipinski definition) is 1. The van der Waals surface area contributed by atoms with E-state index in [1.54, 1.807) is 7.11 Å². The topological polar surface area (TPSA) is 114 Å². The molecule has 0 unspecified atom stereocenters. The van der Waals surface area contributed by atoms with Crippen LogP contribution in [0, 0.1) is 0 Å². The summed E-state index contributed by atoms with van der Waals surface area (Å²) < 4.78 is 59.0. The molecule has 0 aromatic carbocycles. The summed E-state index contributed by atoms with van der Waals surface area (Å²) in [4.78, 5) is 0. The first kappa shape index (κ1) is 35.5. The highest BCUT2D eigenvalue weighted by Crippen LogP contribution is 1.86. The van der Waals surface area contributed by atoms with Crippen molar-refractivity contribution in [2.75, 3.05) is 159 Å². The van der Waals surface area contributed by atoms with E-state index in [1.165, 1.54) is 0 Å². The molecule has 12 heteroatoms. The van der Waals surface area contributed by atoms with Gasteiger partial charge in [-0.1, -0.05) is 0 Å². The Balaban J connectivity index is 3.00. The molecular formula is C24H51NO11. The molecule has 0 saturated heterocycles. The molecule has 218 valence electrons. The molecule has 0 rings (SSSR count). The second kappa shape index (κ2) is 34.5. The molecule has 0 saturated carbocycles. The van der Waals surface area contributed by atoms with E-state index in [4.69, 9.17) is 52.1 Å². The van der Waals surface area contributed by atoms with Gasteiger partial charge in [0.05, 0.1) is 139 Å². The molecule has 0 radical (unpaired) electrons. The Labute approximate surface area is 217 Å². The van der Waals surface area contributed by atoms with Crippen molar-refractivity contribution >= 4 is 0 Å². The number of ether oxygens (including phenoxy) is 11. The lowest BCUT2D eigenvalue weighted by atomic mass is 10.6. The zero-order chi connectivity index (χ0) is 26.0. The normalized spacial score (nSPS) is 11.5. The largest absolute Gasteiger partial charge is 0.382 e. The summed E-state index contributed by atoms with van der Waals surface area (Å²) in [5, 5.41) is 3.02. The van der Waals surface area contributed by atoms with Gasteiger partial charge in [0, 0.05) is 13.7 Å². The third kappa shape index (κ3) is 33.5. The molecule has 0 aromatic rings. The standard InChI is InChI=1S/C24H51NO11/c1-25-3-4-27-7-8-29-11-12-31-15-16-33-19-20-35-23-24-36-22-21-34-18-17-32-14-13-30-10-9-28-6-5-26-2/h25H,3-24H2,1-2H3. The summed E-state index contributed by atoms with van der Waals surface area (Å²) >= 11 is 0. The molecule has 0 aromatic heterocycles. The van der Waals surface area contributed by atoms with Crippen molar-refractivity contribution in [1.29, 1.82) is 0 Å². The molecule has 0 fully saturated rings. The van der Waals surface area contributed by atoms with Crippen LogP contribution >= 0.6 is 0 Å². The van der Waals surface area contributed by atoms with Crippen LogP contribution in [0.3, 0.4) is 0 Å². The van der Waals surface area contributed by atoms with Crippen LogP contribution < -0.4 is 5.32 Å². The first-order valence-electron chi connectivity index (χ1n) is 12.8. The van der Waals surface area contributed by atoms with Crippen LogP contribution in [0.15, 0.2) is 0 Å². The van der Waals surface area contributed by atoms with Gasteiger partial charge in [0.15, 0.2) is 0 Å². The van der Waals surface area contributed by atoms with Crippen molar-refractivity contribution in [2.24, 2.45) is 0 Å². The first-order valence-corrected chi connectivity index (χ1v) is 12.8. The summed E-state index contributed by atoms with van der Waals surface area (Å²) in [5.41, 5.74) is 0.